The number of aliphatic hydroxyl groups is 1. The van der Waals surface area contributed by atoms with Gasteiger partial charge in [0.25, 0.3) is 0 Å². The maximum absolute atomic E-state index is 8.65. The van der Waals surface area contributed by atoms with Gasteiger partial charge >= 0.3 is 0 Å². The fraction of sp³-hybridized carbons (Fsp3) is 1.00. The predicted molar refractivity (Wildman–Crippen MR) is 74.3 cm³/mol. The first-order chi connectivity index (χ1) is 8.35. The van der Waals surface area contributed by atoms with E-state index in [0.717, 1.165) is 12.5 Å². The molecule has 0 unspecified atom stereocenters. The molecule has 2 nitrogen and oxygen atoms in total. The van der Waals surface area contributed by atoms with Crippen molar-refractivity contribution in [3.8, 4) is 0 Å². The molecule has 0 amide bonds. The summed E-state index contributed by atoms with van der Waals surface area (Å²) in [7, 11) is 0. The van der Waals surface area contributed by atoms with Gasteiger partial charge in [-0.2, -0.15) is 0 Å². The molecular formula is C15H32O2. The Morgan fingerprint density at radius 2 is 1.41 bits per heavy atom. The maximum Gasteiger partial charge on any atom is 0.0697 e. The van der Waals surface area contributed by atoms with Crippen LogP contribution < -0.4 is 0 Å². The third-order valence-corrected chi connectivity index (χ3v) is 3.34. The molecule has 0 aliphatic carbocycles. The van der Waals surface area contributed by atoms with Gasteiger partial charge in [-0.25, -0.2) is 0 Å². The molecule has 0 rings (SSSR count). The van der Waals surface area contributed by atoms with Crippen molar-refractivity contribution in [3.05, 3.63) is 0 Å². The Labute approximate surface area is 108 Å². The third kappa shape index (κ3) is 12.2. The SMILES string of the molecule is CCCCCC(CCCCC)CCOCCO. The van der Waals surface area contributed by atoms with Gasteiger partial charge in [0.2, 0.25) is 0 Å². The van der Waals surface area contributed by atoms with Gasteiger partial charge in [0, 0.05) is 6.61 Å². The number of hydrogen-bond acceptors (Lipinski definition) is 2. The first-order valence-corrected chi connectivity index (χ1v) is 7.53. The van der Waals surface area contributed by atoms with Gasteiger partial charge < -0.3 is 9.84 Å². The highest BCUT2D eigenvalue weighted by Crippen LogP contribution is 2.20. The van der Waals surface area contributed by atoms with Crippen LogP contribution >= 0.6 is 0 Å². The number of aliphatic hydroxyl groups excluding tert-OH is 1. The normalized spacial score (nSPS) is 11.3. The van der Waals surface area contributed by atoms with E-state index in [1.807, 2.05) is 0 Å². The summed E-state index contributed by atoms with van der Waals surface area (Å²) in [5.41, 5.74) is 0. The minimum absolute atomic E-state index is 0.149. The standard InChI is InChI=1S/C15H32O2/c1-3-5-7-9-15(10-8-6-4-2)11-13-17-14-12-16/h15-16H,3-14H2,1-2H3. The van der Waals surface area contributed by atoms with Crippen LogP contribution in [0.25, 0.3) is 0 Å². The molecule has 0 aromatic rings. The monoisotopic (exact) mass is 244 g/mol. The summed E-state index contributed by atoms with van der Waals surface area (Å²) in [6, 6.07) is 0. The van der Waals surface area contributed by atoms with Crippen molar-refractivity contribution in [2.45, 2.75) is 71.6 Å². The summed E-state index contributed by atoms with van der Waals surface area (Å²) >= 11 is 0. The van der Waals surface area contributed by atoms with Gasteiger partial charge in [0.15, 0.2) is 0 Å². The van der Waals surface area contributed by atoms with Crippen molar-refractivity contribution >= 4 is 0 Å². The summed E-state index contributed by atoms with van der Waals surface area (Å²) in [6.45, 7) is 5.99. The molecule has 2 heteroatoms. The first kappa shape index (κ1) is 16.9. The van der Waals surface area contributed by atoms with E-state index in [1.54, 1.807) is 0 Å². The van der Waals surface area contributed by atoms with Crippen molar-refractivity contribution in [1.82, 2.24) is 0 Å². The molecule has 0 radical (unpaired) electrons. The van der Waals surface area contributed by atoms with E-state index in [-0.39, 0.29) is 6.61 Å². The molecule has 0 fully saturated rings. The highest BCUT2D eigenvalue weighted by Gasteiger charge is 2.08. The smallest absolute Gasteiger partial charge is 0.0697 e. The predicted octanol–water partition coefficient (Wildman–Crippen LogP) is 4.16. The molecule has 0 aromatic heterocycles. The number of rotatable bonds is 13. The lowest BCUT2D eigenvalue weighted by Crippen LogP contribution is -2.08. The Hall–Kier alpha value is -0.0800. The summed E-state index contributed by atoms with van der Waals surface area (Å²) < 4.78 is 5.38. The fourth-order valence-electron chi connectivity index (χ4n) is 2.22. The van der Waals surface area contributed by atoms with Gasteiger partial charge in [-0.15, -0.1) is 0 Å². The van der Waals surface area contributed by atoms with E-state index in [4.69, 9.17) is 9.84 Å². The molecule has 0 aliphatic rings. The molecule has 0 bridgehead atoms. The topological polar surface area (TPSA) is 29.5 Å². The van der Waals surface area contributed by atoms with Crippen LogP contribution in [0, 0.1) is 5.92 Å². The van der Waals surface area contributed by atoms with E-state index in [0.29, 0.717) is 6.61 Å². The molecule has 0 heterocycles. The molecule has 0 saturated heterocycles. The third-order valence-electron chi connectivity index (χ3n) is 3.34. The molecule has 0 aliphatic heterocycles. The molecule has 0 saturated carbocycles. The van der Waals surface area contributed by atoms with Crippen LogP contribution in [0.3, 0.4) is 0 Å². The summed E-state index contributed by atoms with van der Waals surface area (Å²) in [6.07, 6.45) is 12.0. The van der Waals surface area contributed by atoms with Crippen LogP contribution in [0.2, 0.25) is 0 Å². The van der Waals surface area contributed by atoms with Crippen LogP contribution in [-0.2, 0) is 4.74 Å². The quantitative estimate of drug-likeness (QED) is 0.493. The minimum atomic E-state index is 0.149. The van der Waals surface area contributed by atoms with Gasteiger partial charge in [-0.05, 0) is 12.3 Å². The molecule has 1 N–H and O–H groups in total. The second kappa shape index (κ2) is 14.0. The molecule has 0 aromatic carbocycles. The largest absolute Gasteiger partial charge is 0.394 e. The van der Waals surface area contributed by atoms with Crippen LogP contribution in [0.15, 0.2) is 0 Å². The lowest BCUT2D eigenvalue weighted by molar-refractivity contribution is 0.0809. The van der Waals surface area contributed by atoms with Gasteiger partial charge in [0.05, 0.1) is 13.2 Å². The van der Waals surface area contributed by atoms with Crippen molar-refractivity contribution in [1.29, 1.82) is 0 Å². The lowest BCUT2D eigenvalue weighted by Gasteiger charge is -2.16. The van der Waals surface area contributed by atoms with Crippen LogP contribution in [-0.4, -0.2) is 24.9 Å². The average Bonchev–Trinajstić information content (AvgIpc) is 2.34. The van der Waals surface area contributed by atoms with Crippen molar-refractivity contribution in [3.63, 3.8) is 0 Å². The van der Waals surface area contributed by atoms with Crippen molar-refractivity contribution < 1.29 is 9.84 Å². The van der Waals surface area contributed by atoms with Crippen LogP contribution in [0.1, 0.15) is 71.6 Å². The fourth-order valence-corrected chi connectivity index (χ4v) is 2.22. The maximum atomic E-state index is 8.65. The van der Waals surface area contributed by atoms with E-state index in [1.165, 1.54) is 57.8 Å². The Morgan fingerprint density at radius 1 is 0.824 bits per heavy atom. The Bertz CT molecular complexity index is 127. The van der Waals surface area contributed by atoms with Gasteiger partial charge in [0.1, 0.15) is 0 Å². The molecule has 0 spiro atoms. The van der Waals surface area contributed by atoms with Crippen LogP contribution in [0.5, 0.6) is 0 Å². The van der Waals surface area contributed by atoms with E-state index >= 15 is 0 Å². The average molecular weight is 244 g/mol. The summed E-state index contributed by atoms with van der Waals surface area (Å²) in [4.78, 5) is 0. The zero-order chi connectivity index (χ0) is 12.8. The number of ether oxygens (including phenoxy) is 1. The highest BCUT2D eigenvalue weighted by molar-refractivity contribution is 4.60. The zero-order valence-electron chi connectivity index (χ0n) is 11.9. The summed E-state index contributed by atoms with van der Waals surface area (Å²) in [5, 5.41) is 8.65. The second-order valence-corrected chi connectivity index (χ2v) is 4.98. The van der Waals surface area contributed by atoms with Crippen LogP contribution in [0.4, 0.5) is 0 Å². The van der Waals surface area contributed by atoms with E-state index in [2.05, 4.69) is 13.8 Å². The second-order valence-electron chi connectivity index (χ2n) is 4.98. The van der Waals surface area contributed by atoms with E-state index in [9.17, 15) is 0 Å². The number of unbranched alkanes of at least 4 members (excludes halogenated alkanes) is 4. The lowest BCUT2D eigenvalue weighted by atomic mass is 9.92. The Kier molecular flexibility index (Phi) is 13.9. The van der Waals surface area contributed by atoms with E-state index < -0.39 is 0 Å². The van der Waals surface area contributed by atoms with Crippen molar-refractivity contribution in [2.75, 3.05) is 19.8 Å². The Balaban J connectivity index is 3.60. The molecule has 104 valence electrons. The minimum Gasteiger partial charge on any atom is -0.394 e. The summed E-state index contributed by atoms with van der Waals surface area (Å²) in [5.74, 6) is 0.840. The highest BCUT2D eigenvalue weighted by atomic mass is 16.5. The number of hydrogen-bond donors (Lipinski definition) is 1. The molecule has 17 heavy (non-hydrogen) atoms. The molecule has 0 atom stereocenters. The first-order valence-electron chi connectivity index (χ1n) is 7.53. The Morgan fingerprint density at radius 3 is 1.88 bits per heavy atom. The zero-order valence-corrected chi connectivity index (χ0v) is 11.9. The van der Waals surface area contributed by atoms with Gasteiger partial charge in [-0.3, -0.25) is 0 Å². The van der Waals surface area contributed by atoms with Crippen molar-refractivity contribution in [2.24, 2.45) is 5.92 Å². The van der Waals surface area contributed by atoms with Gasteiger partial charge in [-0.1, -0.05) is 65.2 Å². The molecular weight excluding hydrogens is 212 g/mol.